The second-order valence-electron chi connectivity index (χ2n) is 5.36. The van der Waals surface area contributed by atoms with Gasteiger partial charge in [0, 0.05) is 27.7 Å². The summed E-state index contributed by atoms with van der Waals surface area (Å²) in [6, 6.07) is 14.1. The SMILES string of the molecule is CC(NS(=O)(=O)c1ccc(I)cc1)c1ccc(-n2ccnc2)cc1. The van der Waals surface area contributed by atoms with Crippen molar-refractivity contribution >= 4 is 32.6 Å². The van der Waals surface area contributed by atoms with Gasteiger partial charge in [0.25, 0.3) is 0 Å². The van der Waals surface area contributed by atoms with Gasteiger partial charge in [-0.2, -0.15) is 0 Å². The third-order valence-electron chi connectivity index (χ3n) is 3.65. The summed E-state index contributed by atoms with van der Waals surface area (Å²) in [5, 5.41) is 0. The lowest BCUT2D eigenvalue weighted by Crippen LogP contribution is -2.26. The molecule has 1 unspecified atom stereocenters. The molecular weight excluding hydrogens is 437 g/mol. The molecule has 24 heavy (non-hydrogen) atoms. The van der Waals surface area contributed by atoms with Crippen LogP contribution in [-0.4, -0.2) is 18.0 Å². The highest BCUT2D eigenvalue weighted by molar-refractivity contribution is 14.1. The van der Waals surface area contributed by atoms with E-state index in [-0.39, 0.29) is 10.9 Å². The summed E-state index contributed by atoms with van der Waals surface area (Å²) in [7, 11) is -3.55. The number of hydrogen-bond donors (Lipinski definition) is 1. The van der Waals surface area contributed by atoms with Crippen molar-refractivity contribution in [1.29, 1.82) is 0 Å². The van der Waals surface area contributed by atoms with Gasteiger partial charge in [0.15, 0.2) is 0 Å². The zero-order valence-electron chi connectivity index (χ0n) is 12.9. The van der Waals surface area contributed by atoms with E-state index in [2.05, 4.69) is 32.3 Å². The first-order valence-electron chi connectivity index (χ1n) is 7.32. The number of benzene rings is 2. The van der Waals surface area contributed by atoms with E-state index in [0.717, 1.165) is 14.8 Å². The van der Waals surface area contributed by atoms with Crippen molar-refractivity contribution in [1.82, 2.24) is 14.3 Å². The van der Waals surface area contributed by atoms with Crippen LogP contribution in [0.2, 0.25) is 0 Å². The summed E-state index contributed by atoms with van der Waals surface area (Å²) in [6.45, 7) is 1.83. The molecule has 1 aromatic heterocycles. The number of aromatic nitrogens is 2. The van der Waals surface area contributed by atoms with Crippen molar-refractivity contribution < 1.29 is 8.42 Å². The van der Waals surface area contributed by atoms with Gasteiger partial charge < -0.3 is 4.57 Å². The highest BCUT2D eigenvalue weighted by Gasteiger charge is 2.18. The highest BCUT2D eigenvalue weighted by Crippen LogP contribution is 2.19. The minimum Gasteiger partial charge on any atom is -0.306 e. The number of sulfonamides is 1. The van der Waals surface area contributed by atoms with Crippen LogP contribution >= 0.6 is 22.6 Å². The Balaban J connectivity index is 1.76. The molecule has 0 aliphatic heterocycles. The van der Waals surface area contributed by atoms with E-state index in [1.54, 1.807) is 36.8 Å². The Morgan fingerprint density at radius 2 is 1.75 bits per heavy atom. The molecule has 0 spiro atoms. The first-order valence-corrected chi connectivity index (χ1v) is 9.88. The summed E-state index contributed by atoms with van der Waals surface area (Å²) in [6.07, 6.45) is 5.29. The average molecular weight is 453 g/mol. The maximum Gasteiger partial charge on any atom is 0.241 e. The predicted molar refractivity (Wildman–Crippen MR) is 101 cm³/mol. The number of halogens is 1. The fraction of sp³-hybridized carbons (Fsp3) is 0.118. The molecule has 0 saturated heterocycles. The number of nitrogens with zero attached hydrogens (tertiary/aromatic N) is 2. The van der Waals surface area contributed by atoms with Gasteiger partial charge in [-0.1, -0.05) is 12.1 Å². The molecule has 0 bridgehead atoms. The van der Waals surface area contributed by atoms with Gasteiger partial charge in [-0.25, -0.2) is 18.1 Å². The van der Waals surface area contributed by atoms with Crippen molar-refractivity contribution in [3.63, 3.8) is 0 Å². The first kappa shape index (κ1) is 17.1. The summed E-state index contributed by atoms with van der Waals surface area (Å²) < 4.78 is 30.5. The van der Waals surface area contributed by atoms with Crippen molar-refractivity contribution in [2.75, 3.05) is 0 Å². The zero-order valence-corrected chi connectivity index (χ0v) is 15.9. The summed E-state index contributed by atoms with van der Waals surface area (Å²) in [4.78, 5) is 4.28. The van der Waals surface area contributed by atoms with Gasteiger partial charge in [0.1, 0.15) is 0 Å². The van der Waals surface area contributed by atoms with Crippen LogP contribution in [-0.2, 0) is 10.0 Å². The number of nitrogens with one attached hydrogen (secondary N) is 1. The van der Waals surface area contributed by atoms with Gasteiger partial charge in [-0.15, -0.1) is 0 Å². The van der Waals surface area contributed by atoms with Crippen molar-refractivity contribution in [2.24, 2.45) is 0 Å². The van der Waals surface area contributed by atoms with E-state index in [0.29, 0.717) is 0 Å². The predicted octanol–water partition coefficient (Wildman–Crippen LogP) is 3.52. The highest BCUT2D eigenvalue weighted by atomic mass is 127. The zero-order chi connectivity index (χ0) is 17.2. The summed E-state index contributed by atoms with van der Waals surface area (Å²) in [5.41, 5.74) is 1.87. The minimum absolute atomic E-state index is 0.268. The number of hydrogen-bond acceptors (Lipinski definition) is 3. The van der Waals surface area contributed by atoms with Crippen LogP contribution in [0.1, 0.15) is 18.5 Å². The quantitative estimate of drug-likeness (QED) is 0.602. The Bertz CT molecular complexity index is 905. The molecule has 3 rings (SSSR count). The maximum absolute atomic E-state index is 12.5. The molecule has 124 valence electrons. The topological polar surface area (TPSA) is 64.0 Å². The van der Waals surface area contributed by atoms with Gasteiger partial charge in [0.05, 0.1) is 11.2 Å². The second kappa shape index (κ2) is 7.04. The molecule has 0 fully saturated rings. The largest absolute Gasteiger partial charge is 0.306 e. The normalized spacial score (nSPS) is 12.9. The van der Waals surface area contributed by atoms with Crippen LogP contribution in [0, 0.1) is 3.57 Å². The molecule has 0 amide bonds. The van der Waals surface area contributed by atoms with Gasteiger partial charge in [-0.05, 0) is 71.5 Å². The fourth-order valence-electron chi connectivity index (χ4n) is 2.33. The van der Waals surface area contributed by atoms with Crippen LogP contribution in [0.15, 0.2) is 72.1 Å². The van der Waals surface area contributed by atoms with Gasteiger partial charge in [0.2, 0.25) is 10.0 Å². The molecule has 0 saturated carbocycles. The molecule has 1 atom stereocenters. The molecule has 0 aliphatic carbocycles. The van der Waals surface area contributed by atoms with Crippen LogP contribution in [0.5, 0.6) is 0 Å². The van der Waals surface area contributed by atoms with E-state index >= 15 is 0 Å². The molecule has 0 aliphatic rings. The van der Waals surface area contributed by atoms with Crippen molar-refractivity contribution in [3.8, 4) is 5.69 Å². The lowest BCUT2D eigenvalue weighted by Gasteiger charge is -2.15. The third kappa shape index (κ3) is 3.85. The summed E-state index contributed by atoms with van der Waals surface area (Å²) in [5.74, 6) is 0. The minimum atomic E-state index is -3.55. The molecule has 2 aromatic carbocycles. The number of rotatable bonds is 5. The van der Waals surface area contributed by atoms with E-state index in [1.165, 1.54) is 0 Å². The van der Waals surface area contributed by atoms with E-state index in [9.17, 15) is 8.42 Å². The Morgan fingerprint density at radius 1 is 1.08 bits per heavy atom. The average Bonchev–Trinajstić information content (AvgIpc) is 3.09. The van der Waals surface area contributed by atoms with E-state index in [4.69, 9.17) is 0 Å². The Morgan fingerprint density at radius 3 is 2.33 bits per heavy atom. The molecule has 3 aromatic rings. The van der Waals surface area contributed by atoms with Gasteiger partial charge in [-0.3, -0.25) is 0 Å². The van der Waals surface area contributed by atoms with Crippen LogP contribution in [0.25, 0.3) is 5.69 Å². The van der Waals surface area contributed by atoms with E-state index < -0.39 is 10.0 Å². The standard InChI is InChI=1S/C17H16IN3O2S/c1-13(20-24(22,23)17-8-4-15(18)5-9-17)14-2-6-16(7-3-14)21-11-10-19-12-21/h2-13,20H,1H3. The maximum atomic E-state index is 12.5. The molecule has 1 heterocycles. The van der Waals surface area contributed by atoms with Crippen LogP contribution < -0.4 is 4.72 Å². The Labute approximate surface area is 154 Å². The Kier molecular flexibility index (Phi) is 5.02. The van der Waals surface area contributed by atoms with E-state index in [1.807, 2.05) is 42.0 Å². The van der Waals surface area contributed by atoms with Gasteiger partial charge >= 0.3 is 0 Å². The third-order valence-corrected chi connectivity index (χ3v) is 5.93. The second-order valence-corrected chi connectivity index (χ2v) is 8.32. The van der Waals surface area contributed by atoms with Crippen LogP contribution in [0.4, 0.5) is 0 Å². The molecule has 7 heteroatoms. The molecule has 0 radical (unpaired) electrons. The molecular formula is C17H16IN3O2S. The van der Waals surface area contributed by atoms with Crippen molar-refractivity contribution in [2.45, 2.75) is 17.9 Å². The summed E-state index contributed by atoms with van der Waals surface area (Å²) >= 11 is 2.15. The lowest BCUT2D eigenvalue weighted by atomic mass is 10.1. The fourth-order valence-corrected chi connectivity index (χ4v) is 3.92. The first-order chi connectivity index (χ1) is 11.5. The lowest BCUT2D eigenvalue weighted by molar-refractivity contribution is 0.567. The Hall–Kier alpha value is -1.71. The molecule has 5 nitrogen and oxygen atoms in total. The van der Waals surface area contributed by atoms with Crippen molar-refractivity contribution in [3.05, 3.63) is 76.4 Å². The monoisotopic (exact) mass is 453 g/mol. The van der Waals surface area contributed by atoms with Crippen LogP contribution in [0.3, 0.4) is 0 Å². The smallest absolute Gasteiger partial charge is 0.241 e. The number of imidazole rings is 1. The molecule has 1 N–H and O–H groups in total.